The van der Waals surface area contributed by atoms with Gasteiger partial charge in [-0.25, -0.2) is 9.97 Å². The normalized spacial score (nSPS) is 8.39. The van der Waals surface area contributed by atoms with Crippen molar-refractivity contribution in [1.29, 1.82) is 0 Å². The molecule has 0 aliphatic carbocycles. The van der Waals surface area contributed by atoms with Gasteiger partial charge in [0.25, 0.3) is 0 Å². The van der Waals surface area contributed by atoms with Gasteiger partial charge >= 0.3 is 29.6 Å². The molecule has 1 aromatic carbocycles. The molecule has 2 N–H and O–H groups in total. The molecule has 5 heteroatoms. The molecule has 0 fully saturated rings. The number of hydrogen-bond donors (Lipinski definition) is 0. The fourth-order valence-electron chi connectivity index (χ4n) is 1.20. The number of benzene rings is 1. The molecular weight excluding hydrogens is 237 g/mol. The van der Waals surface area contributed by atoms with Crippen LogP contribution in [0.2, 0.25) is 0 Å². The number of nitrogens with zero attached hydrogens (tertiary/aromatic N) is 3. The Morgan fingerprint density at radius 3 is 1.83 bits per heavy atom. The second kappa shape index (κ2) is 12.7. The molecular formula is C13H20N3NaO. The first-order valence-corrected chi connectivity index (χ1v) is 5.17. The Balaban J connectivity index is 0. The molecule has 1 heterocycles. The van der Waals surface area contributed by atoms with Crippen molar-refractivity contribution < 1.29 is 5.48 Å². The van der Waals surface area contributed by atoms with E-state index in [2.05, 4.69) is 53.2 Å². The molecule has 0 saturated carbocycles. The van der Waals surface area contributed by atoms with Gasteiger partial charge in [0.15, 0.2) is 0 Å². The molecule has 0 unspecified atom stereocenters. The molecule has 2 aromatic rings. The minimum Gasteiger partial charge on any atom is -0.245 e. The van der Waals surface area contributed by atoms with E-state index in [9.17, 15) is 0 Å². The molecule has 0 saturated heterocycles. The maximum Gasteiger partial charge on any atom is 0.115 e. The molecule has 0 spiro atoms. The Morgan fingerprint density at radius 1 is 0.944 bits per heavy atom. The Hall–Kier alpha value is -0.780. The summed E-state index contributed by atoms with van der Waals surface area (Å²) in [5, 5.41) is 0. The summed E-state index contributed by atoms with van der Waals surface area (Å²) in [7, 11) is 4.15. The van der Waals surface area contributed by atoms with Crippen LogP contribution in [0.25, 0.3) is 0 Å². The molecule has 0 aliphatic heterocycles. The number of rotatable bonds is 2. The van der Waals surface area contributed by atoms with Gasteiger partial charge in [0, 0.05) is 18.9 Å². The molecule has 1 aromatic heterocycles. The zero-order valence-corrected chi connectivity index (χ0v) is 10.2. The Kier molecular flexibility index (Phi) is 13.8. The average Bonchev–Trinajstić information content (AvgIpc) is 2.32. The molecule has 4 nitrogen and oxygen atoms in total. The predicted molar refractivity (Wildman–Crippen MR) is 76.6 cm³/mol. The Bertz CT molecular complexity index is 344. The van der Waals surface area contributed by atoms with Gasteiger partial charge in [0.2, 0.25) is 0 Å². The van der Waals surface area contributed by atoms with Crippen LogP contribution in [0.3, 0.4) is 0 Å². The van der Waals surface area contributed by atoms with Crippen LogP contribution in [-0.2, 0) is 6.54 Å². The number of hydrogen-bond acceptors (Lipinski definition) is 3. The van der Waals surface area contributed by atoms with Gasteiger partial charge in [-0.15, -0.1) is 0 Å². The van der Waals surface area contributed by atoms with Crippen LogP contribution in [0.5, 0.6) is 0 Å². The summed E-state index contributed by atoms with van der Waals surface area (Å²) in [5.41, 5.74) is 1.37. The average molecular weight is 257 g/mol. The first kappa shape index (κ1) is 19.6. The van der Waals surface area contributed by atoms with Crippen LogP contribution >= 0.6 is 0 Å². The van der Waals surface area contributed by atoms with Gasteiger partial charge in [-0.1, -0.05) is 30.3 Å². The summed E-state index contributed by atoms with van der Waals surface area (Å²) in [4.78, 5) is 9.51. The van der Waals surface area contributed by atoms with E-state index in [-0.39, 0.29) is 35.0 Å². The third kappa shape index (κ3) is 10.4. The first-order chi connectivity index (χ1) is 7.79. The topological polar surface area (TPSA) is 60.5 Å². The SMILES string of the molecule is CN(C)Cc1ccccc1.O.[NaH].c1cncnc1. The van der Waals surface area contributed by atoms with E-state index in [0.717, 1.165) is 6.54 Å². The van der Waals surface area contributed by atoms with Crippen molar-refractivity contribution in [3.63, 3.8) is 0 Å². The quantitative estimate of drug-likeness (QED) is 0.746. The molecule has 0 aliphatic rings. The Morgan fingerprint density at radius 2 is 1.50 bits per heavy atom. The van der Waals surface area contributed by atoms with E-state index < -0.39 is 0 Å². The third-order valence-electron chi connectivity index (χ3n) is 1.82. The summed E-state index contributed by atoms with van der Waals surface area (Å²) in [5.74, 6) is 0. The fraction of sp³-hybridized carbons (Fsp3) is 0.231. The van der Waals surface area contributed by atoms with Crippen molar-refractivity contribution in [2.45, 2.75) is 6.54 Å². The van der Waals surface area contributed by atoms with Gasteiger partial charge in [-0.2, -0.15) is 0 Å². The van der Waals surface area contributed by atoms with Crippen molar-refractivity contribution in [2.75, 3.05) is 14.1 Å². The van der Waals surface area contributed by atoms with Crippen LogP contribution in [-0.4, -0.2) is 64.0 Å². The van der Waals surface area contributed by atoms with E-state index in [0.29, 0.717) is 0 Å². The van der Waals surface area contributed by atoms with Gasteiger partial charge in [-0.3, -0.25) is 0 Å². The summed E-state index contributed by atoms with van der Waals surface area (Å²) in [6.07, 6.45) is 4.88. The summed E-state index contributed by atoms with van der Waals surface area (Å²) in [6, 6.07) is 12.2. The first-order valence-electron chi connectivity index (χ1n) is 5.17. The van der Waals surface area contributed by atoms with Crippen LogP contribution in [0.15, 0.2) is 55.1 Å². The summed E-state index contributed by atoms with van der Waals surface area (Å²) >= 11 is 0. The molecule has 2 rings (SSSR count). The number of aromatic nitrogens is 2. The minimum atomic E-state index is 0. The van der Waals surface area contributed by atoms with Crippen LogP contribution in [0, 0.1) is 0 Å². The van der Waals surface area contributed by atoms with Gasteiger partial charge in [-0.05, 0) is 25.7 Å². The predicted octanol–water partition coefficient (Wildman–Crippen LogP) is 0.752. The molecule has 0 bridgehead atoms. The van der Waals surface area contributed by atoms with Gasteiger partial charge in [0.1, 0.15) is 6.33 Å². The Labute approximate surface area is 131 Å². The van der Waals surface area contributed by atoms with Crippen molar-refractivity contribution in [1.82, 2.24) is 14.9 Å². The zero-order valence-electron chi connectivity index (χ0n) is 10.2. The monoisotopic (exact) mass is 257 g/mol. The van der Waals surface area contributed by atoms with E-state index in [1.165, 1.54) is 11.9 Å². The fourth-order valence-corrected chi connectivity index (χ4v) is 1.20. The van der Waals surface area contributed by atoms with E-state index in [4.69, 9.17) is 0 Å². The van der Waals surface area contributed by atoms with Crippen molar-refractivity contribution >= 4 is 29.6 Å². The standard InChI is InChI=1S/C9H13N.C4H4N2.Na.H2O.H/c1-10(2)8-9-6-4-3-5-7-9;1-2-5-4-6-3-1;;;/h3-7H,8H2,1-2H3;1-4H;;1H2;. The smallest absolute Gasteiger partial charge is 0.115 e. The maximum atomic E-state index is 3.67. The maximum absolute atomic E-state index is 3.67. The van der Waals surface area contributed by atoms with E-state index in [1.807, 2.05) is 6.07 Å². The van der Waals surface area contributed by atoms with Crippen LogP contribution in [0.4, 0.5) is 0 Å². The molecule has 0 radical (unpaired) electrons. The van der Waals surface area contributed by atoms with Gasteiger partial charge in [0.05, 0.1) is 0 Å². The second-order valence-corrected chi connectivity index (χ2v) is 3.63. The molecule has 18 heavy (non-hydrogen) atoms. The second-order valence-electron chi connectivity index (χ2n) is 3.63. The zero-order chi connectivity index (χ0) is 11.6. The minimum absolute atomic E-state index is 0. The van der Waals surface area contributed by atoms with Crippen LogP contribution in [0.1, 0.15) is 5.56 Å². The van der Waals surface area contributed by atoms with Crippen molar-refractivity contribution in [3.8, 4) is 0 Å². The summed E-state index contributed by atoms with van der Waals surface area (Å²) < 4.78 is 0. The van der Waals surface area contributed by atoms with Gasteiger partial charge < -0.3 is 10.4 Å². The van der Waals surface area contributed by atoms with E-state index in [1.54, 1.807) is 18.5 Å². The summed E-state index contributed by atoms with van der Waals surface area (Å²) in [6.45, 7) is 1.03. The van der Waals surface area contributed by atoms with Crippen molar-refractivity contribution in [2.24, 2.45) is 0 Å². The van der Waals surface area contributed by atoms with E-state index >= 15 is 0 Å². The third-order valence-corrected chi connectivity index (χ3v) is 1.82. The largest absolute Gasteiger partial charge is 0.245 e. The van der Waals surface area contributed by atoms with Crippen molar-refractivity contribution in [3.05, 3.63) is 60.7 Å². The molecule has 0 amide bonds. The van der Waals surface area contributed by atoms with Crippen LogP contribution < -0.4 is 0 Å². The molecule has 0 atom stereocenters. The molecule has 94 valence electrons.